The first-order valence-corrected chi connectivity index (χ1v) is 7.39. The van der Waals surface area contributed by atoms with Gasteiger partial charge in [-0.3, -0.25) is 4.79 Å². The molecule has 1 aliphatic heterocycles. The molecule has 1 aliphatic carbocycles. The maximum Gasteiger partial charge on any atom is 0.410 e. The zero-order valence-electron chi connectivity index (χ0n) is 12.9. The van der Waals surface area contributed by atoms with Crippen LogP contribution in [0.4, 0.5) is 4.79 Å². The molecule has 0 aromatic heterocycles. The van der Waals surface area contributed by atoms with E-state index in [1.165, 1.54) is 0 Å². The minimum atomic E-state index is -0.489. The van der Waals surface area contributed by atoms with Crippen LogP contribution in [0.25, 0.3) is 0 Å². The number of carbonyl (C=O) groups is 2. The fraction of sp³-hybridized carbons (Fsp3) is 0.688. The third-order valence-corrected chi connectivity index (χ3v) is 4.13. The highest BCUT2D eigenvalue weighted by Gasteiger charge is 2.39. The van der Waals surface area contributed by atoms with Crippen molar-refractivity contribution in [3.05, 3.63) is 11.6 Å². The van der Waals surface area contributed by atoms with Crippen LogP contribution in [0.5, 0.6) is 0 Å². The summed E-state index contributed by atoms with van der Waals surface area (Å²) in [7, 11) is 0. The number of Topliss-reactive ketones (excluding diaryl/α,β-unsaturated/α-hetero) is 1. The number of piperidine rings is 1. The fourth-order valence-electron chi connectivity index (χ4n) is 2.91. The van der Waals surface area contributed by atoms with Crippen molar-refractivity contribution in [3.8, 4) is 6.07 Å². The number of carbonyl (C=O) groups excluding carboxylic acids is 2. The number of nitriles is 1. The van der Waals surface area contributed by atoms with E-state index in [1.54, 1.807) is 4.90 Å². The maximum absolute atomic E-state index is 12.0. The van der Waals surface area contributed by atoms with E-state index in [-0.39, 0.29) is 22.9 Å². The average Bonchev–Trinajstić information content (AvgIpc) is 2.40. The Morgan fingerprint density at radius 3 is 2.48 bits per heavy atom. The lowest BCUT2D eigenvalue weighted by atomic mass is 9.70. The maximum atomic E-state index is 12.0. The van der Waals surface area contributed by atoms with Gasteiger partial charge in [-0.2, -0.15) is 5.26 Å². The second-order valence-electron chi connectivity index (χ2n) is 6.92. The van der Waals surface area contributed by atoms with Gasteiger partial charge in [0.2, 0.25) is 0 Å². The SMILES string of the molecule is CC(C)(C)OC(=O)N1CCC2(C=C(C#N)C(=O)CC2)CC1. The summed E-state index contributed by atoms with van der Waals surface area (Å²) in [5.74, 6) is -0.0577. The average molecular weight is 290 g/mol. The lowest BCUT2D eigenvalue weighted by Gasteiger charge is -2.41. The van der Waals surface area contributed by atoms with Crippen LogP contribution >= 0.6 is 0 Å². The monoisotopic (exact) mass is 290 g/mol. The van der Waals surface area contributed by atoms with Crippen LogP contribution in [0.2, 0.25) is 0 Å². The summed E-state index contributed by atoms with van der Waals surface area (Å²) in [5, 5.41) is 9.02. The molecule has 1 amide bonds. The van der Waals surface area contributed by atoms with Gasteiger partial charge in [0.1, 0.15) is 11.7 Å². The Bertz CT molecular complexity index is 515. The van der Waals surface area contributed by atoms with Gasteiger partial charge in [0.25, 0.3) is 0 Å². The predicted molar refractivity (Wildman–Crippen MR) is 77.4 cm³/mol. The van der Waals surface area contributed by atoms with Crippen molar-refractivity contribution in [1.82, 2.24) is 4.90 Å². The van der Waals surface area contributed by atoms with E-state index in [4.69, 9.17) is 10.00 Å². The van der Waals surface area contributed by atoms with Gasteiger partial charge >= 0.3 is 6.09 Å². The van der Waals surface area contributed by atoms with Gasteiger partial charge in [0.15, 0.2) is 5.78 Å². The zero-order valence-corrected chi connectivity index (χ0v) is 12.9. The van der Waals surface area contributed by atoms with E-state index >= 15 is 0 Å². The smallest absolute Gasteiger partial charge is 0.410 e. The summed E-state index contributed by atoms with van der Waals surface area (Å²) in [5.41, 5.74) is -0.304. The van der Waals surface area contributed by atoms with Crippen molar-refractivity contribution in [1.29, 1.82) is 5.26 Å². The molecule has 0 unspecified atom stereocenters. The number of ether oxygens (including phenoxy) is 1. The first-order valence-electron chi connectivity index (χ1n) is 7.39. The van der Waals surface area contributed by atoms with Crippen LogP contribution in [0.3, 0.4) is 0 Å². The summed E-state index contributed by atoms with van der Waals surface area (Å²) in [6.07, 6.45) is 4.33. The van der Waals surface area contributed by atoms with E-state index in [1.807, 2.05) is 32.9 Å². The van der Waals surface area contributed by atoms with Crippen LogP contribution in [-0.4, -0.2) is 35.5 Å². The number of hydrogen-bond donors (Lipinski definition) is 0. The molecule has 1 fully saturated rings. The van der Waals surface area contributed by atoms with E-state index in [0.29, 0.717) is 19.5 Å². The molecule has 21 heavy (non-hydrogen) atoms. The Morgan fingerprint density at radius 1 is 1.33 bits per heavy atom. The number of rotatable bonds is 0. The second-order valence-corrected chi connectivity index (χ2v) is 6.92. The van der Waals surface area contributed by atoms with E-state index in [0.717, 1.165) is 19.3 Å². The van der Waals surface area contributed by atoms with Crippen molar-refractivity contribution in [2.45, 2.75) is 52.1 Å². The molecule has 0 radical (unpaired) electrons. The highest BCUT2D eigenvalue weighted by molar-refractivity contribution is 5.99. The molecule has 2 aliphatic rings. The number of ketones is 1. The van der Waals surface area contributed by atoms with Crippen molar-refractivity contribution in [2.75, 3.05) is 13.1 Å². The van der Waals surface area contributed by atoms with E-state index in [9.17, 15) is 9.59 Å². The third-order valence-electron chi connectivity index (χ3n) is 4.13. The summed E-state index contributed by atoms with van der Waals surface area (Å²) in [6, 6.07) is 2.00. The Kier molecular flexibility index (Phi) is 4.08. The van der Waals surface area contributed by atoms with Gasteiger partial charge in [-0.1, -0.05) is 6.08 Å². The Hall–Kier alpha value is -1.83. The summed E-state index contributed by atoms with van der Waals surface area (Å²) in [6.45, 7) is 6.78. The standard InChI is InChI=1S/C16H22N2O3/c1-15(2,3)21-14(20)18-8-6-16(7-9-18)5-4-13(19)12(10-16)11-17/h10H,4-9H2,1-3H3. The van der Waals surface area contributed by atoms with E-state index in [2.05, 4.69) is 0 Å². The molecule has 1 heterocycles. The quantitative estimate of drug-likeness (QED) is 0.688. The Labute approximate surface area is 125 Å². The molecule has 0 atom stereocenters. The molecule has 0 saturated carbocycles. The highest BCUT2D eigenvalue weighted by Crippen LogP contribution is 2.41. The zero-order chi connectivity index (χ0) is 15.7. The van der Waals surface area contributed by atoms with Gasteiger partial charge in [0, 0.05) is 19.5 Å². The summed E-state index contributed by atoms with van der Waals surface area (Å²) in [4.78, 5) is 25.4. The molecule has 1 saturated heterocycles. The van der Waals surface area contributed by atoms with Crippen LogP contribution in [-0.2, 0) is 9.53 Å². The van der Waals surface area contributed by atoms with Gasteiger partial charge in [-0.05, 0) is 45.4 Å². The van der Waals surface area contributed by atoms with Crippen molar-refractivity contribution in [2.24, 2.45) is 5.41 Å². The summed E-state index contributed by atoms with van der Waals surface area (Å²) >= 11 is 0. The molecule has 0 N–H and O–H groups in total. The van der Waals surface area contributed by atoms with Crippen LogP contribution in [0, 0.1) is 16.7 Å². The Balaban J connectivity index is 2.01. The highest BCUT2D eigenvalue weighted by atomic mass is 16.6. The number of amides is 1. The molecule has 0 bridgehead atoms. The minimum Gasteiger partial charge on any atom is -0.444 e. The lowest BCUT2D eigenvalue weighted by molar-refractivity contribution is -0.116. The molecule has 5 nitrogen and oxygen atoms in total. The van der Waals surface area contributed by atoms with Crippen molar-refractivity contribution < 1.29 is 14.3 Å². The molecule has 5 heteroatoms. The molecular weight excluding hydrogens is 268 g/mol. The predicted octanol–water partition coefficient (Wildman–Crippen LogP) is 2.82. The molecular formula is C16H22N2O3. The number of allylic oxidation sites excluding steroid dienone is 2. The lowest BCUT2D eigenvalue weighted by Crippen LogP contribution is -2.45. The fourth-order valence-corrected chi connectivity index (χ4v) is 2.91. The van der Waals surface area contributed by atoms with E-state index < -0.39 is 5.60 Å². The Morgan fingerprint density at radius 2 is 1.95 bits per heavy atom. The van der Waals surface area contributed by atoms with Gasteiger partial charge < -0.3 is 9.64 Å². The van der Waals surface area contributed by atoms with Crippen molar-refractivity contribution in [3.63, 3.8) is 0 Å². The van der Waals surface area contributed by atoms with Gasteiger partial charge in [0.05, 0.1) is 5.57 Å². The normalized spacial score (nSPS) is 21.7. The molecule has 114 valence electrons. The third kappa shape index (κ3) is 3.63. The van der Waals surface area contributed by atoms with Crippen LogP contribution in [0.1, 0.15) is 46.5 Å². The topological polar surface area (TPSA) is 70.4 Å². The van der Waals surface area contributed by atoms with Gasteiger partial charge in [-0.15, -0.1) is 0 Å². The molecule has 1 spiro atoms. The van der Waals surface area contributed by atoms with Crippen molar-refractivity contribution >= 4 is 11.9 Å². The number of likely N-dealkylation sites (tertiary alicyclic amines) is 1. The first-order chi connectivity index (χ1) is 9.75. The van der Waals surface area contributed by atoms with Crippen LogP contribution < -0.4 is 0 Å². The number of hydrogen-bond acceptors (Lipinski definition) is 4. The molecule has 0 aromatic rings. The number of nitrogens with zero attached hydrogens (tertiary/aromatic N) is 2. The molecule has 0 aromatic carbocycles. The van der Waals surface area contributed by atoms with Gasteiger partial charge in [-0.25, -0.2) is 4.79 Å². The van der Waals surface area contributed by atoms with Crippen LogP contribution in [0.15, 0.2) is 11.6 Å². The first kappa shape index (κ1) is 15.6. The molecule has 2 rings (SSSR count). The minimum absolute atomic E-state index is 0.0577. The second kappa shape index (κ2) is 5.51. The largest absolute Gasteiger partial charge is 0.444 e. The summed E-state index contributed by atoms with van der Waals surface area (Å²) < 4.78 is 5.38.